The zero-order chi connectivity index (χ0) is 17.3. The lowest BCUT2D eigenvalue weighted by Crippen LogP contribution is -2.46. The highest BCUT2D eigenvalue weighted by atomic mass is 32.2. The van der Waals surface area contributed by atoms with Gasteiger partial charge in [-0.3, -0.25) is 9.79 Å². The molecule has 1 spiro atoms. The number of methoxy groups -OCH3 is 1. The maximum absolute atomic E-state index is 12.8. The number of ether oxygens (including phenoxy) is 1. The van der Waals surface area contributed by atoms with Gasteiger partial charge in [-0.25, -0.2) is 0 Å². The van der Waals surface area contributed by atoms with Gasteiger partial charge in [0, 0.05) is 18.8 Å². The van der Waals surface area contributed by atoms with E-state index in [0.29, 0.717) is 12.5 Å². The number of thioether (sulfide) groups is 1. The number of aliphatic imine (C=N–C) groups is 1. The molecule has 0 aromatic heterocycles. The summed E-state index contributed by atoms with van der Waals surface area (Å²) in [6.45, 7) is 1.38. The molecule has 1 aromatic carbocycles. The summed E-state index contributed by atoms with van der Waals surface area (Å²) in [5, 5.41) is 3.13. The zero-order valence-corrected chi connectivity index (χ0v) is 15.1. The van der Waals surface area contributed by atoms with E-state index in [1.54, 1.807) is 7.11 Å². The average molecular weight is 354 g/mol. The van der Waals surface area contributed by atoms with Crippen LogP contribution in [-0.2, 0) is 11.3 Å². The fourth-order valence-corrected chi connectivity index (χ4v) is 5.77. The van der Waals surface area contributed by atoms with Crippen LogP contribution in [0, 0.1) is 11.8 Å². The highest BCUT2D eigenvalue weighted by molar-refractivity contribution is 8.02. The van der Waals surface area contributed by atoms with Crippen molar-refractivity contribution < 1.29 is 9.53 Å². The van der Waals surface area contributed by atoms with Crippen LogP contribution >= 0.6 is 11.8 Å². The Morgan fingerprint density at radius 2 is 2.20 bits per heavy atom. The number of benzene rings is 1. The van der Waals surface area contributed by atoms with E-state index < -0.39 is 0 Å². The van der Waals surface area contributed by atoms with Crippen LogP contribution in [-0.4, -0.2) is 35.8 Å². The van der Waals surface area contributed by atoms with E-state index in [9.17, 15) is 4.79 Å². The Morgan fingerprint density at radius 1 is 1.36 bits per heavy atom. The second-order valence-electron chi connectivity index (χ2n) is 6.66. The third kappa shape index (κ3) is 2.91. The summed E-state index contributed by atoms with van der Waals surface area (Å²) >= 11 is 1.87. The van der Waals surface area contributed by atoms with Crippen molar-refractivity contribution in [3.05, 3.63) is 54.1 Å². The highest BCUT2D eigenvalue weighted by Gasteiger charge is 2.53. The first-order chi connectivity index (χ1) is 12.2. The first kappa shape index (κ1) is 16.5. The van der Waals surface area contributed by atoms with Gasteiger partial charge in [0.2, 0.25) is 5.91 Å². The Hall–Kier alpha value is -2.01. The van der Waals surface area contributed by atoms with Gasteiger partial charge in [-0.2, -0.15) is 0 Å². The van der Waals surface area contributed by atoms with Crippen LogP contribution in [0.1, 0.15) is 12.0 Å². The van der Waals surface area contributed by atoms with Gasteiger partial charge >= 0.3 is 0 Å². The molecule has 1 fully saturated rings. The van der Waals surface area contributed by atoms with Gasteiger partial charge in [0.15, 0.2) is 0 Å². The molecule has 0 bridgehead atoms. The summed E-state index contributed by atoms with van der Waals surface area (Å²) in [5.41, 5.74) is 2.22. The number of nitrogens with zero attached hydrogens (tertiary/aromatic N) is 1. The molecule has 4 nitrogen and oxygen atoms in total. The molecule has 0 saturated carbocycles. The van der Waals surface area contributed by atoms with Crippen molar-refractivity contribution in [2.75, 3.05) is 19.4 Å². The number of hydrogen-bond donors (Lipinski definition) is 1. The highest BCUT2D eigenvalue weighted by Crippen LogP contribution is 2.52. The minimum absolute atomic E-state index is 0.0462. The lowest BCUT2D eigenvalue weighted by Gasteiger charge is -2.38. The Balaban J connectivity index is 1.44. The summed E-state index contributed by atoms with van der Waals surface area (Å²) in [5.74, 6) is 2.23. The summed E-state index contributed by atoms with van der Waals surface area (Å²) in [6, 6.07) is 7.82. The van der Waals surface area contributed by atoms with E-state index in [1.807, 2.05) is 42.1 Å². The molecular weight excluding hydrogens is 332 g/mol. The van der Waals surface area contributed by atoms with Gasteiger partial charge in [0.25, 0.3) is 0 Å². The third-order valence-electron chi connectivity index (χ3n) is 5.33. The number of hydrogen-bond acceptors (Lipinski definition) is 4. The standard InChI is InChI=1S/C20H22N2O2S/c1-24-15-7-5-14(6-8-15)12-22-19(23)16-13-25-20-10-3-2-4-18(20)21-11-9-17(16)20/h2-8,10,16-17H,9,11-13H2,1H3,(H,22,23). The second kappa shape index (κ2) is 6.71. The van der Waals surface area contributed by atoms with E-state index in [4.69, 9.17) is 9.73 Å². The van der Waals surface area contributed by atoms with Gasteiger partial charge in [-0.1, -0.05) is 30.4 Å². The molecule has 25 heavy (non-hydrogen) atoms. The third-order valence-corrected chi connectivity index (χ3v) is 6.98. The van der Waals surface area contributed by atoms with Crippen molar-refractivity contribution >= 4 is 23.4 Å². The maximum Gasteiger partial charge on any atom is 0.224 e. The first-order valence-corrected chi connectivity index (χ1v) is 9.67. The molecule has 4 rings (SSSR count). The molecule has 1 amide bonds. The maximum atomic E-state index is 12.8. The topological polar surface area (TPSA) is 50.7 Å². The van der Waals surface area contributed by atoms with Gasteiger partial charge in [0.05, 0.1) is 23.5 Å². The smallest absolute Gasteiger partial charge is 0.224 e. The molecule has 3 atom stereocenters. The predicted molar refractivity (Wildman–Crippen MR) is 102 cm³/mol. The number of rotatable bonds is 4. The lowest BCUT2D eigenvalue weighted by molar-refractivity contribution is -0.125. The Labute approximate surface area is 152 Å². The Kier molecular flexibility index (Phi) is 4.42. The predicted octanol–water partition coefficient (Wildman–Crippen LogP) is 3.00. The molecule has 5 heteroatoms. The van der Waals surface area contributed by atoms with E-state index in [1.165, 1.54) is 0 Å². The zero-order valence-electron chi connectivity index (χ0n) is 14.3. The van der Waals surface area contributed by atoms with E-state index in [-0.39, 0.29) is 16.6 Å². The quantitative estimate of drug-likeness (QED) is 0.904. The van der Waals surface area contributed by atoms with Crippen LogP contribution in [0.25, 0.3) is 0 Å². The molecular formula is C20H22N2O2S. The monoisotopic (exact) mass is 354 g/mol. The van der Waals surface area contributed by atoms with Crippen LogP contribution in [0.3, 0.4) is 0 Å². The largest absolute Gasteiger partial charge is 0.497 e. The second-order valence-corrected chi connectivity index (χ2v) is 7.95. The Morgan fingerprint density at radius 3 is 3.00 bits per heavy atom. The number of nitrogens with one attached hydrogen (secondary N) is 1. The Bertz CT molecular complexity index is 753. The molecule has 1 N–H and O–H groups in total. The first-order valence-electron chi connectivity index (χ1n) is 8.68. The molecule has 1 aliphatic carbocycles. The molecule has 2 heterocycles. The number of amides is 1. The molecule has 1 saturated heterocycles. The average Bonchev–Trinajstić information content (AvgIpc) is 3.04. The fourth-order valence-electron chi connectivity index (χ4n) is 3.98. The van der Waals surface area contributed by atoms with Crippen molar-refractivity contribution in [2.45, 2.75) is 17.7 Å². The van der Waals surface area contributed by atoms with Crippen molar-refractivity contribution in [3.8, 4) is 5.75 Å². The van der Waals surface area contributed by atoms with Crippen LogP contribution in [0.4, 0.5) is 0 Å². The van der Waals surface area contributed by atoms with Gasteiger partial charge < -0.3 is 10.1 Å². The lowest BCUT2D eigenvalue weighted by atomic mass is 9.74. The number of carbonyl (C=O) groups excluding carboxylic acids is 1. The van der Waals surface area contributed by atoms with E-state index in [0.717, 1.165) is 35.7 Å². The van der Waals surface area contributed by atoms with Gasteiger partial charge in [-0.15, -0.1) is 11.8 Å². The summed E-state index contributed by atoms with van der Waals surface area (Å²) < 4.78 is 5.08. The van der Waals surface area contributed by atoms with Gasteiger partial charge in [-0.05, 0) is 36.1 Å². The molecule has 3 aliphatic rings. The van der Waals surface area contributed by atoms with Crippen molar-refractivity contribution in [3.63, 3.8) is 0 Å². The van der Waals surface area contributed by atoms with E-state index >= 15 is 0 Å². The number of allylic oxidation sites excluding steroid dienone is 3. The van der Waals surface area contributed by atoms with Crippen molar-refractivity contribution in [2.24, 2.45) is 16.8 Å². The summed E-state index contributed by atoms with van der Waals surface area (Å²) in [7, 11) is 1.65. The van der Waals surface area contributed by atoms with Crippen molar-refractivity contribution in [1.29, 1.82) is 0 Å². The van der Waals surface area contributed by atoms with Crippen LogP contribution < -0.4 is 10.1 Å². The molecule has 3 unspecified atom stereocenters. The molecule has 0 radical (unpaired) electrons. The van der Waals surface area contributed by atoms with E-state index in [2.05, 4.69) is 23.5 Å². The van der Waals surface area contributed by atoms with Crippen molar-refractivity contribution in [1.82, 2.24) is 5.32 Å². The molecule has 130 valence electrons. The molecule has 2 aliphatic heterocycles. The number of carbonyl (C=O) groups is 1. The molecule has 1 aromatic rings. The minimum Gasteiger partial charge on any atom is -0.497 e. The fraction of sp³-hybridized carbons (Fsp3) is 0.400. The van der Waals surface area contributed by atoms with Crippen LogP contribution in [0.2, 0.25) is 0 Å². The minimum atomic E-state index is -0.0882. The SMILES string of the molecule is COc1ccc(CNC(=O)C2CSC34C=CC=CC3=NCCC24)cc1. The summed E-state index contributed by atoms with van der Waals surface area (Å²) in [4.78, 5) is 17.5. The van der Waals surface area contributed by atoms with Crippen LogP contribution in [0.5, 0.6) is 5.75 Å². The summed E-state index contributed by atoms with van der Waals surface area (Å²) in [6.07, 6.45) is 9.48. The van der Waals surface area contributed by atoms with Crippen LogP contribution in [0.15, 0.2) is 53.6 Å². The normalized spacial score (nSPS) is 29.6. The van der Waals surface area contributed by atoms with Gasteiger partial charge in [0.1, 0.15) is 5.75 Å².